The van der Waals surface area contributed by atoms with Crippen LogP contribution in [0, 0.1) is 6.92 Å². The van der Waals surface area contributed by atoms with Gasteiger partial charge in [-0.1, -0.05) is 6.07 Å². The van der Waals surface area contributed by atoms with E-state index in [-0.39, 0.29) is 0 Å². The van der Waals surface area contributed by atoms with Crippen molar-refractivity contribution in [2.75, 3.05) is 38.1 Å². The number of benzene rings is 1. The highest BCUT2D eigenvalue weighted by molar-refractivity contribution is 5.80. The summed E-state index contributed by atoms with van der Waals surface area (Å²) in [6.07, 6.45) is 6.37. The predicted octanol–water partition coefficient (Wildman–Crippen LogP) is 3.00. The molecule has 5 heterocycles. The summed E-state index contributed by atoms with van der Waals surface area (Å²) in [6.45, 7) is 6.33. The fourth-order valence-corrected chi connectivity index (χ4v) is 4.08. The molecule has 2 aromatic heterocycles. The van der Waals surface area contributed by atoms with Crippen LogP contribution in [0.5, 0.6) is 5.75 Å². The van der Waals surface area contributed by atoms with Crippen LogP contribution in [0.4, 0.5) is 5.82 Å². The smallest absolute Gasteiger partial charge is 0.165 e. The fraction of sp³-hybridized carbons (Fsp3) is 0.429. The van der Waals surface area contributed by atoms with Crippen molar-refractivity contribution < 1.29 is 4.74 Å². The van der Waals surface area contributed by atoms with Gasteiger partial charge in [-0.25, -0.2) is 9.50 Å². The molecule has 27 heavy (non-hydrogen) atoms. The average Bonchev–Trinajstić information content (AvgIpc) is 3.11. The molecular formula is C21H25N5O. The Hall–Kier alpha value is -2.60. The molecule has 0 N–H and O–H groups in total. The Balaban J connectivity index is 1.66. The summed E-state index contributed by atoms with van der Waals surface area (Å²) in [5.41, 5.74) is 4.29. The Labute approximate surface area is 159 Å². The van der Waals surface area contributed by atoms with E-state index in [0.717, 1.165) is 67.4 Å². The number of aromatic nitrogens is 3. The van der Waals surface area contributed by atoms with E-state index in [1.54, 1.807) is 0 Å². The van der Waals surface area contributed by atoms with E-state index in [1.807, 2.05) is 23.0 Å². The lowest BCUT2D eigenvalue weighted by Gasteiger charge is -2.33. The third kappa shape index (κ3) is 3.04. The van der Waals surface area contributed by atoms with Gasteiger partial charge in [0.25, 0.3) is 0 Å². The zero-order chi connectivity index (χ0) is 18.4. The summed E-state index contributed by atoms with van der Waals surface area (Å²) >= 11 is 0. The topological polar surface area (TPSA) is 45.9 Å². The largest absolute Gasteiger partial charge is 0.490 e. The number of fused-ring (bicyclic) bond motifs is 4. The van der Waals surface area contributed by atoms with Gasteiger partial charge in [0.2, 0.25) is 0 Å². The molecule has 0 radical (unpaired) electrons. The average molecular weight is 363 g/mol. The normalized spacial score (nSPS) is 22.5. The number of hydrogen-bond acceptors (Lipinski definition) is 5. The molecule has 6 heteroatoms. The number of likely N-dealkylation sites (N-methyl/N-ethyl adjacent to an activating group) is 1. The van der Waals surface area contributed by atoms with Gasteiger partial charge in [0, 0.05) is 45.0 Å². The first kappa shape index (κ1) is 16.6. The van der Waals surface area contributed by atoms with Crippen molar-refractivity contribution in [2.45, 2.75) is 25.9 Å². The molecule has 140 valence electrons. The van der Waals surface area contributed by atoms with Crippen LogP contribution in [0.2, 0.25) is 0 Å². The maximum absolute atomic E-state index is 6.34. The Morgan fingerprint density at radius 2 is 1.89 bits per heavy atom. The molecule has 0 atom stereocenters. The van der Waals surface area contributed by atoms with Gasteiger partial charge in [-0.05, 0) is 49.1 Å². The van der Waals surface area contributed by atoms with Gasteiger partial charge < -0.3 is 14.5 Å². The summed E-state index contributed by atoms with van der Waals surface area (Å²) in [7, 11) is 2.12. The predicted molar refractivity (Wildman–Crippen MR) is 107 cm³/mol. The maximum Gasteiger partial charge on any atom is 0.165 e. The van der Waals surface area contributed by atoms with E-state index in [2.05, 4.69) is 47.1 Å². The standard InChI is InChI=1S/C21H25N5O/c1-15-3-4-17-13-18(15)19-14-22-26-10-7-20(23-21(19)26)24(2)11-12-25-8-5-16(27-17)6-9-25/h3-4,7,10,13-14,16H,5-6,8-9,11-12H2,1-2H3. The summed E-state index contributed by atoms with van der Waals surface area (Å²) in [4.78, 5) is 9.70. The lowest BCUT2D eigenvalue weighted by Crippen LogP contribution is -2.41. The van der Waals surface area contributed by atoms with E-state index in [0.29, 0.717) is 6.10 Å². The SMILES string of the molecule is Cc1ccc2cc1-c1cnn3ccc(nc13)N(C)CCN1CCC(CC1)O2. The fourth-order valence-electron chi connectivity index (χ4n) is 4.08. The number of nitrogens with zero attached hydrogens (tertiary/aromatic N) is 5. The molecule has 0 spiro atoms. The van der Waals surface area contributed by atoms with Crippen LogP contribution in [-0.2, 0) is 0 Å². The van der Waals surface area contributed by atoms with Crippen LogP contribution in [0.3, 0.4) is 0 Å². The highest BCUT2D eigenvalue weighted by atomic mass is 16.5. The molecule has 3 aliphatic heterocycles. The van der Waals surface area contributed by atoms with Crippen LogP contribution < -0.4 is 9.64 Å². The summed E-state index contributed by atoms with van der Waals surface area (Å²) in [5, 5.41) is 4.51. The highest BCUT2D eigenvalue weighted by Gasteiger charge is 2.22. The Morgan fingerprint density at radius 1 is 1.04 bits per heavy atom. The molecule has 0 saturated carbocycles. The number of rotatable bonds is 0. The molecule has 6 rings (SSSR count). The minimum atomic E-state index is 0.297. The second-order valence-corrected chi connectivity index (χ2v) is 7.67. The minimum absolute atomic E-state index is 0.297. The first-order valence-corrected chi connectivity index (χ1v) is 9.73. The van der Waals surface area contributed by atoms with Gasteiger partial charge in [0.05, 0.1) is 6.20 Å². The quantitative estimate of drug-likeness (QED) is 0.614. The van der Waals surface area contributed by atoms with E-state index in [9.17, 15) is 0 Å². The highest BCUT2D eigenvalue weighted by Crippen LogP contribution is 2.32. The summed E-state index contributed by atoms with van der Waals surface area (Å²) < 4.78 is 8.19. The maximum atomic E-state index is 6.34. The third-order valence-corrected chi connectivity index (χ3v) is 5.83. The monoisotopic (exact) mass is 363 g/mol. The number of ether oxygens (including phenoxy) is 1. The lowest BCUT2D eigenvalue weighted by molar-refractivity contribution is 0.102. The Kier molecular flexibility index (Phi) is 4.01. The van der Waals surface area contributed by atoms with Crippen LogP contribution >= 0.6 is 0 Å². The van der Waals surface area contributed by atoms with Crippen molar-refractivity contribution in [1.29, 1.82) is 0 Å². The molecule has 6 nitrogen and oxygen atoms in total. The molecular weight excluding hydrogens is 338 g/mol. The minimum Gasteiger partial charge on any atom is -0.490 e. The van der Waals surface area contributed by atoms with E-state index in [1.165, 1.54) is 5.56 Å². The second-order valence-electron chi connectivity index (χ2n) is 7.67. The van der Waals surface area contributed by atoms with Crippen molar-refractivity contribution in [3.05, 3.63) is 42.2 Å². The van der Waals surface area contributed by atoms with Crippen LogP contribution in [-0.4, -0.2) is 58.8 Å². The van der Waals surface area contributed by atoms with Gasteiger partial charge in [-0.3, -0.25) is 0 Å². The van der Waals surface area contributed by atoms with Crippen molar-refractivity contribution >= 4 is 11.5 Å². The van der Waals surface area contributed by atoms with Crippen molar-refractivity contribution in [3.8, 4) is 16.9 Å². The number of piperidine rings is 1. The zero-order valence-electron chi connectivity index (χ0n) is 15.9. The van der Waals surface area contributed by atoms with Crippen LogP contribution in [0.25, 0.3) is 16.8 Å². The van der Waals surface area contributed by atoms with Gasteiger partial charge >= 0.3 is 0 Å². The zero-order valence-corrected chi connectivity index (χ0v) is 15.9. The molecule has 1 aromatic carbocycles. The molecule has 1 fully saturated rings. The van der Waals surface area contributed by atoms with E-state index < -0.39 is 0 Å². The third-order valence-electron chi connectivity index (χ3n) is 5.83. The molecule has 0 aliphatic carbocycles. The van der Waals surface area contributed by atoms with Crippen molar-refractivity contribution in [1.82, 2.24) is 19.5 Å². The molecule has 3 aliphatic rings. The van der Waals surface area contributed by atoms with Gasteiger partial charge in [-0.2, -0.15) is 5.10 Å². The molecule has 0 unspecified atom stereocenters. The Morgan fingerprint density at radius 3 is 2.74 bits per heavy atom. The molecule has 6 bridgehead atoms. The van der Waals surface area contributed by atoms with Crippen molar-refractivity contribution in [3.63, 3.8) is 0 Å². The molecule has 3 aromatic rings. The summed E-state index contributed by atoms with van der Waals surface area (Å²) in [5.74, 6) is 1.93. The molecule has 0 amide bonds. The van der Waals surface area contributed by atoms with Gasteiger partial charge in [0.1, 0.15) is 17.7 Å². The second kappa shape index (κ2) is 6.53. The van der Waals surface area contributed by atoms with Crippen LogP contribution in [0.15, 0.2) is 36.7 Å². The Bertz CT molecular complexity index is 974. The first-order valence-electron chi connectivity index (χ1n) is 9.73. The molecule has 1 saturated heterocycles. The van der Waals surface area contributed by atoms with E-state index >= 15 is 0 Å². The lowest BCUT2D eigenvalue weighted by atomic mass is 10.0. The van der Waals surface area contributed by atoms with Crippen molar-refractivity contribution in [2.24, 2.45) is 0 Å². The number of hydrogen-bond donors (Lipinski definition) is 0. The summed E-state index contributed by atoms with van der Waals surface area (Å²) in [6, 6.07) is 8.41. The number of aryl methyl sites for hydroxylation is 1. The first-order chi connectivity index (χ1) is 13.2. The van der Waals surface area contributed by atoms with Crippen LogP contribution in [0.1, 0.15) is 18.4 Å². The van der Waals surface area contributed by atoms with Gasteiger partial charge in [-0.15, -0.1) is 0 Å². The van der Waals surface area contributed by atoms with E-state index in [4.69, 9.17) is 9.72 Å². The van der Waals surface area contributed by atoms with Gasteiger partial charge in [0.15, 0.2) is 5.65 Å². The number of anilines is 1.